The SMILES string of the molecule is O=C(CS(=O)c1ccc(SC(F)(F)F)cc1[N+](=O)[O-])Nc1cccc(SC(F)(F)C(F)(F)C(F)(F)F)c1. The molecule has 0 heterocycles. The number of benzene rings is 2. The molecular weight excluding hydrogens is 594 g/mol. The molecule has 204 valence electrons. The van der Waals surface area contributed by atoms with E-state index in [0.29, 0.717) is 12.1 Å². The molecule has 1 N–H and O–H groups in total. The van der Waals surface area contributed by atoms with Crippen molar-refractivity contribution in [2.75, 3.05) is 11.1 Å². The largest absolute Gasteiger partial charge is 0.460 e. The van der Waals surface area contributed by atoms with E-state index in [1.54, 1.807) is 0 Å². The van der Waals surface area contributed by atoms with Gasteiger partial charge in [-0.25, -0.2) is 0 Å². The molecule has 1 unspecified atom stereocenters. The van der Waals surface area contributed by atoms with Gasteiger partial charge >= 0.3 is 22.9 Å². The Balaban J connectivity index is 2.16. The molecule has 0 saturated heterocycles. The second kappa shape index (κ2) is 11.1. The summed E-state index contributed by atoms with van der Waals surface area (Å²) in [5, 5.41) is 7.58. The topological polar surface area (TPSA) is 89.3 Å². The highest BCUT2D eigenvalue weighted by Gasteiger charge is 2.73. The molecule has 1 atom stereocenters. The number of thioether (sulfide) groups is 2. The molecule has 0 saturated carbocycles. The van der Waals surface area contributed by atoms with Gasteiger partial charge in [0.1, 0.15) is 10.6 Å². The number of nitrogens with zero attached hydrogens (tertiary/aromatic N) is 1. The zero-order valence-corrected chi connectivity index (χ0v) is 19.8. The number of carbonyl (C=O) groups is 1. The Morgan fingerprint density at radius 1 is 0.919 bits per heavy atom. The Hall–Kier alpha value is -2.54. The summed E-state index contributed by atoms with van der Waals surface area (Å²) in [6.07, 6.45) is -6.55. The van der Waals surface area contributed by atoms with Crippen molar-refractivity contribution < 1.29 is 57.8 Å². The molecule has 19 heteroatoms. The average Bonchev–Trinajstić information content (AvgIpc) is 2.71. The van der Waals surface area contributed by atoms with Crippen LogP contribution in [-0.4, -0.2) is 43.7 Å². The number of amides is 1. The smallest absolute Gasteiger partial charge is 0.325 e. The number of hydrogen-bond acceptors (Lipinski definition) is 6. The third-order valence-corrected chi connectivity index (χ3v) is 7.04. The highest BCUT2D eigenvalue weighted by molar-refractivity contribution is 8.00. The van der Waals surface area contributed by atoms with E-state index in [0.717, 1.165) is 30.3 Å². The summed E-state index contributed by atoms with van der Waals surface area (Å²) in [6.45, 7) is 0. The van der Waals surface area contributed by atoms with Gasteiger partial charge in [-0.15, -0.1) is 0 Å². The first kappa shape index (κ1) is 30.7. The molecule has 1 amide bonds. The van der Waals surface area contributed by atoms with Crippen molar-refractivity contribution >= 4 is 51.6 Å². The summed E-state index contributed by atoms with van der Waals surface area (Å²) < 4.78 is 140. The number of nitrogens with one attached hydrogen (secondary N) is 1. The molecule has 0 aromatic heterocycles. The van der Waals surface area contributed by atoms with E-state index in [-0.39, 0.29) is 5.69 Å². The molecule has 0 radical (unpaired) electrons. The third-order valence-electron chi connectivity index (χ3n) is 3.95. The lowest BCUT2D eigenvalue weighted by molar-refractivity contribution is -0.388. The zero-order chi connectivity index (χ0) is 28.4. The van der Waals surface area contributed by atoms with Crippen LogP contribution < -0.4 is 5.32 Å². The third kappa shape index (κ3) is 7.97. The van der Waals surface area contributed by atoms with Crippen molar-refractivity contribution in [2.24, 2.45) is 0 Å². The molecule has 0 aliphatic rings. The lowest BCUT2D eigenvalue weighted by Gasteiger charge is -2.27. The van der Waals surface area contributed by atoms with E-state index >= 15 is 0 Å². The highest BCUT2D eigenvalue weighted by Crippen LogP contribution is 2.54. The normalized spacial score (nSPS) is 13.8. The number of carbonyl (C=O) groups excluding carboxylic acids is 1. The van der Waals surface area contributed by atoms with Crippen LogP contribution in [0.15, 0.2) is 57.2 Å². The molecule has 0 bridgehead atoms. The highest BCUT2D eigenvalue weighted by atomic mass is 32.2. The zero-order valence-electron chi connectivity index (χ0n) is 17.3. The molecule has 2 rings (SSSR count). The van der Waals surface area contributed by atoms with E-state index in [2.05, 4.69) is 0 Å². The maximum Gasteiger partial charge on any atom is 0.460 e. The van der Waals surface area contributed by atoms with Gasteiger partial charge in [-0.2, -0.15) is 43.9 Å². The Morgan fingerprint density at radius 3 is 2.05 bits per heavy atom. The van der Waals surface area contributed by atoms with Gasteiger partial charge in [-0.1, -0.05) is 6.07 Å². The number of rotatable bonds is 9. The first-order valence-electron chi connectivity index (χ1n) is 9.07. The van der Waals surface area contributed by atoms with Gasteiger partial charge in [0.25, 0.3) is 5.69 Å². The van der Waals surface area contributed by atoms with Crippen LogP contribution >= 0.6 is 23.5 Å². The number of halogens is 10. The molecule has 2 aromatic rings. The number of nitro benzene ring substituents is 1. The Labute approximate surface area is 210 Å². The maximum atomic E-state index is 13.6. The van der Waals surface area contributed by atoms with Crippen LogP contribution in [0.3, 0.4) is 0 Å². The van der Waals surface area contributed by atoms with E-state index in [9.17, 15) is 63.0 Å². The van der Waals surface area contributed by atoms with Crippen molar-refractivity contribution in [2.45, 2.75) is 37.5 Å². The monoisotopic (exact) mass is 604 g/mol. The van der Waals surface area contributed by atoms with Gasteiger partial charge in [-0.3, -0.25) is 19.1 Å². The number of anilines is 1. The second-order valence-electron chi connectivity index (χ2n) is 6.69. The van der Waals surface area contributed by atoms with Crippen LogP contribution in [0.2, 0.25) is 0 Å². The quantitative estimate of drug-likeness (QED) is 0.146. The summed E-state index contributed by atoms with van der Waals surface area (Å²) in [6, 6.07) is 5.36. The van der Waals surface area contributed by atoms with Crippen molar-refractivity contribution in [3.8, 4) is 0 Å². The molecule has 0 spiro atoms. The second-order valence-corrected chi connectivity index (χ2v) is 10.4. The fraction of sp³-hybridized carbons (Fsp3) is 0.278. The number of hydrogen-bond donors (Lipinski definition) is 1. The van der Waals surface area contributed by atoms with Crippen molar-refractivity contribution in [3.05, 3.63) is 52.6 Å². The summed E-state index contributed by atoms with van der Waals surface area (Å²) in [4.78, 5) is 20.2. The standard InChI is InChI=1S/C18H10F10N2O4S3/c19-15(20,16(21,22)23)17(24,25)35-10-3-1-2-9(6-10)29-14(31)8-37(34)13-5-4-11(36-18(26,27)28)7-12(13)30(32)33/h1-7H,8H2,(H,29,31). The van der Waals surface area contributed by atoms with Crippen LogP contribution in [0.25, 0.3) is 0 Å². The predicted octanol–water partition coefficient (Wildman–Crippen LogP) is 6.84. The lowest BCUT2D eigenvalue weighted by atomic mass is 10.3. The Bertz CT molecular complexity index is 1210. The summed E-state index contributed by atoms with van der Waals surface area (Å²) in [5.41, 5.74) is -6.13. The molecule has 37 heavy (non-hydrogen) atoms. The van der Waals surface area contributed by atoms with Gasteiger partial charge in [0.2, 0.25) is 5.91 Å². The van der Waals surface area contributed by atoms with Crippen LogP contribution in [0.5, 0.6) is 0 Å². The fourth-order valence-electron chi connectivity index (χ4n) is 2.44. The molecule has 0 aliphatic carbocycles. The molecular formula is C18H10F10N2O4S3. The summed E-state index contributed by atoms with van der Waals surface area (Å²) >= 11 is -1.80. The van der Waals surface area contributed by atoms with E-state index in [4.69, 9.17) is 0 Å². The minimum Gasteiger partial charge on any atom is -0.325 e. The Morgan fingerprint density at radius 2 is 1.51 bits per heavy atom. The van der Waals surface area contributed by atoms with Crippen molar-refractivity contribution in [3.63, 3.8) is 0 Å². The molecule has 2 aromatic carbocycles. The molecule has 0 fully saturated rings. The fourth-order valence-corrected chi connectivity index (χ4v) is 4.94. The van der Waals surface area contributed by atoms with Gasteiger partial charge < -0.3 is 5.32 Å². The van der Waals surface area contributed by atoms with E-state index in [1.165, 1.54) is 0 Å². The molecule has 0 aliphatic heterocycles. The number of nitro groups is 1. The van der Waals surface area contributed by atoms with Crippen molar-refractivity contribution in [1.82, 2.24) is 0 Å². The van der Waals surface area contributed by atoms with E-state index < -0.39 is 94.1 Å². The predicted molar refractivity (Wildman–Crippen MR) is 113 cm³/mol. The number of alkyl halides is 10. The van der Waals surface area contributed by atoms with E-state index in [1.807, 2.05) is 5.32 Å². The van der Waals surface area contributed by atoms with Gasteiger partial charge in [0, 0.05) is 21.5 Å². The van der Waals surface area contributed by atoms with Crippen LogP contribution in [0, 0.1) is 10.1 Å². The first-order valence-corrected chi connectivity index (χ1v) is 12.0. The van der Waals surface area contributed by atoms with Crippen LogP contribution in [-0.2, 0) is 15.6 Å². The van der Waals surface area contributed by atoms with Crippen LogP contribution in [0.1, 0.15) is 0 Å². The maximum absolute atomic E-state index is 13.6. The average molecular weight is 604 g/mol. The Kier molecular flexibility index (Phi) is 9.17. The minimum absolute atomic E-state index is 0.385. The summed E-state index contributed by atoms with van der Waals surface area (Å²) in [7, 11) is -2.49. The van der Waals surface area contributed by atoms with Crippen molar-refractivity contribution in [1.29, 1.82) is 0 Å². The van der Waals surface area contributed by atoms with Gasteiger partial charge in [0.05, 0.1) is 15.7 Å². The minimum atomic E-state index is -6.55. The van der Waals surface area contributed by atoms with Crippen LogP contribution in [0.4, 0.5) is 55.3 Å². The van der Waals surface area contributed by atoms with Gasteiger partial charge in [0.15, 0.2) is 0 Å². The lowest BCUT2D eigenvalue weighted by Crippen LogP contribution is -2.49. The first-order chi connectivity index (χ1) is 16.7. The van der Waals surface area contributed by atoms with Gasteiger partial charge in [-0.05, 0) is 53.9 Å². The molecule has 6 nitrogen and oxygen atoms in total. The summed E-state index contributed by atoms with van der Waals surface area (Å²) in [5.74, 6) is -8.55.